The van der Waals surface area contributed by atoms with Crippen LogP contribution in [0.2, 0.25) is 0 Å². The second-order valence-corrected chi connectivity index (χ2v) is 7.93. The average Bonchev–Trinajstić information content (AvgIpc) is 3.02. The second kappa shape index (κ2) is 6.80. The van der Waals surface area contributed by atoms with Gasteiger partial charge in [-0.2, -0.15) is 18.3 Å². The lowest BCUT2D eigenvalue weighted by molar-refractivity contribution is -0.143. The Labute approximate surface area is 154 Å². The van der Waals surface area contributed by atoms with E-state index in [1.807, 2.05) is 0 Å². The molecule has 0 fully saturated rings. The summed E-state index contributed by atoms with van der Waals surface area (Å²) in [6, 6.07) is 8.49. The molecule has 1 aromatic carbocycles. The van der Waals surface area contributed by atoms with Crippen molar-refractivity contribution in [2.75, 3.05) is 6.26 Å². The zero-order valence-corrected chi connectivity index (χ0v) is 15.3. The van der Waals surface area contributed by atoms with Crippen LogP contribution in [0.25, 0.3) is 22.4 Å². The van der Waals surface area contributed by atoms with Crippen LogP contribution >= 0.6 is 0 Å². The fraction of sp³-hybridized carbons (Fsp3) is 0.222. The first kappa shape index (κ1) is 19.1. The Kier molecular flexibility index (Phi) is 4.81. The molecule has 3 rings (SSSR count). The average molecular weight is 395 g/mol. The van der Waals surface area contributed by atoms with Gasteiger partial charge >= 0.3 is 6.18 Å². The van der Waals surface area contributed by atoms with E-state index in [-0.39, 0.29) is 28.3 Å². The second-order valence-electron chi connectivity index (χ2n) is 5.92. The van der Waals surface area contributed by atoms with E-state index in [1.165, 1.54) is 36.7 Å². The molecular formula is C18H16F3N3O2S. The smallest absolute Gasteiger partial charge is 0.265 e. The molecule has 0 unspecified atom stereocenters. The maximum atomic E-state index is 13.8. The van der Waals surface area contributed by atoms with Gasteiger partial charge in [0.15, 0.2) is 15.5 Å². The fourth-order valence-electron chi connectivity index (χ4n) is 2.83. The van der Waals surface area contributed by atoms with Crippen LogP contribution < -0.4 is 0 Å². The lowest BCUT2D eigenvalue weighted by Crippen LogP contribution is -2.14. The van der Waals surface area contributed by atoms with Gasteiger partial charge in [0.1, 0.15) is 5.69 Å². The van der Waals surface area contributed by atoms with Crippen molar-refractivity contribution in [1.29, 1.82) is 0 Å². The highest BCUT2D eigenvalue weighted by atomic mass is 32.2. The number of halogens is 3. The zero-order chi connectivity index (χ0) is 19.8. The van der Waals surface area contributed by atoms with Crippen molar-refractivity contribution in [3.8, 4) is 22.4 Å². The summed E-state index contributed by atoms with van der Waals surface area (Å²) in [7, 11) is -3.45. The van der Waals surface area contributed by atoms with Gasteiger partial charge in [-0.15, -0.1) is 0 Å². The summed E-state index contributed by atoms with van der Waals surface area (Å²) in [5.74, 6) is 0. The van der Waals surface area contributed by atoms with Gasteiger partial charge in [0.05, 0.1) is 4.90 Å². The van der Waals surface area contributed by atoms with Gasteiger partial charge in [-0.3, -0.25) is 9.67 Å². The molecule has 27 heavy (non-hydrogen) atoms. The lowest BCUT2D eigenvalue weighted by Gasteiger charge is -2.12. The van der Waals surface area contributed by atoms with E-state index >= 15 is 0 Å². The Morgan fingerprint density at radius 3 is 2.07 bits per heavy atom. The molecule has 0 saturated carbocycles. The number of sulfone groups is 1. The minimum atomic E-state index is -4.63. The third kappa shape index (κ3) is 3.73. The van der Waals surface area contributed by atoms with Gasteiger partial charge in [-0.25, -0.2) is 8.42 Å². The van der Waals surface area contributed by atoms with E-state index in [4.69, 9.17) is 0 Å². The molecule has 9 heteroatoms. The van der Waals surface area contributed by atoms with Crippen molar-refractivity contribution < 1.29 is 21.6 Å². The summed E-state index contributed by atoms with van der Waals surface area (Å²) >= 11 is 0. The van der Waals surface area contributed by atoms with Crippen LogP contribution in [-0.4, -0.2) is 29.4 Å². The summed E-state index contributed by atoms with van der Waals surface area (Å²) < 4.78 is 65.6. The van der Waals surface area contributed by atoms with Gasteiger partial charge < -0.3 is 0 Å². The number of rotatable bonds is 4. The maximum Gasteiger partial charge on any atom is 0.433 e. The van der Waals surface area contributed by atoms with Gasteiger partial charge in [0, 0.05) is 36.3 Å². The quantitative estimate of drug-likeness (QED) is 0.668. The summed E-state index contributed by atoms with van der Waals surface area (Å²) in [5, 5.41) is 4.16. The van der Waals surface area contributed by atoms with E-state index in [0.717, 1.165) is 10.9 Å². The molecule has 5 nitrogen and oxygen atoms in total. The highest BCUT2D eigenvalue weighted by Gasteiger charge is 2.40. The predicted octanol–water partition coefficient (Wildman–Crippen LogP) is 4.05. The van der Waals surface area contributed by atoms with Gasteiger partial charge in [0.25, 0.3) is 0 Å². The van der Waals surface area contributed by atoms with Gasteiger partial charge in [-0.1, -0.05) is 12.1 Å². The lowest BCUT2D eigenvalue weighted by atomic mass is 9.99. The zero-order valence-electron chi connectivity index (χ0n) is 14.5. The van der Waals surface area contributed by atoms with E-state index in [0.29, 0.717) is 5.56 Å². The molecular weight excluding hydrogens is 379 g/mol. The Hall–Kier alpha value is -2.68. The number of benzene rings is 1. The summed E-state index contributed by atoms with van der Waals surface area (Å²) in [5.41, 5.74) is -0.0654. The fourth-order valence-corrected chi connectivity index (χ4v) is 3.46. The number of alkyl halides is 3. The van der Waals surface area contributed by atoms with Crippen LogP contribution in [0.4, 0.5) is 13.2 Å². The number of nitrogens with zero attached hydrogens (tertiary/aromatic N) is 3. The Morgan fingerprint density at radius 1 is 1.00 bits per heavy atom. The van der Waals surface area contributed by atoms with Crippen LogP contribution in [0.3, 0.4) is 0 Å². The topological polar surface area (TPSA) is 64.8 Å². The maximum absolute atomic E-state index is 13.8. The van der Waals surface area contributed by atoms with Crippen LogP contribution in [0.15, 0.2) is 53.7 Å². The van der Waals surface area contributed by atoms with Crippen LogP contribution in [0.5, 0.6) is 0 Å². The Bertz CT molecular complexity index is 1060. The molecule has 0 saturated heterocycles. The predicted molar refractivity (Wildman–Crippen MR) is 94.7 cm³/mol. The molecule has 0 spiro atoms. The Morgan fingerprint density at radius 2 is 1.59 bits per heavy atom. The SMILES string of the molecule is CCn1nc(-c2ccncc2)c(-c2ccc(S(C)(=O)=O)cc2)c1C(F)(F)F. The van der Waals surface area contributed by atoms with Crippen LogP contribution in [0.1, 0.15) is 12.6 Å². The van der Waals surface area contributed by atoms with E-state index < -0.39 is 21.7 Å². The molecule has 0 aliphatic heterocycles. The van der Waals surface area contributed by atoms with Crippen molar-refractivity contribution >= 4 is 9.84 Å². The minimum absolute atomic E-state index is 0.0353. The molecule has 0 atom stereocenters. The molecule has 0 bridgehead atoms. The van der Waals surface area contributed by atoms with Crippen molar-refractivity contribution in [2.24, 2.45) is 0 Å². The number of aromatic nitrogens is 3. The number of hydrogen-bond acceptors (Lipinski definition) is 4. The molecule has 2 heterocycles. The van der Waals surface area contributed by atoms with Crippen LogP contribution in [0, 0.1) is 0 Å². The first-order valence-electron chi connectivity index (χ1n) is 8.01. The highest BCUT2D eigenvalue weighted by Crippen LogP contribution is 2.42. The van der Waals surface area contributed by atoms with Gasteiger partial charge in [-0.05, 0) is 36.8 Å². The summed E-state index contributed by atoms with van der Waals surface area (Å²) in [4.78, 5) is 3.92. The van der Waals surface area contributed by atoms with Crippen molar-refractivity contribution in [3.05, 3.63) is 54.5 Å². The molecule has 3 aromatic rings. The van der Waals surface area contributed by atoms with Crippen molar-refractivity contribution in [3.63, 3.8) is 0 Å². The molecule has 0 aliphatic carbocycles. The third-order valence-electron chi connectivity index (χ3n) is 4.05. The van der Waals surface area contributed by atoms with E-state index in [1.54, 1.807) is 19.1 Å². The standard InChI is InChI=1S/C18H16F3N3O2S/c1-3-24-17(18(19,20)21)15(16(23-24)13-8-10-22-11-9-13)12-4-6-14(7-5-12)27(2,25)26/h4-11H,3H2,1-2H3. The monoisotopic (exact) mass is 395 g/mol. The summed E-state index contributed by atoms with van der Waals surface area (Å²) in [6.07, 6.45) is -0.631. The molecule has 0 radical (unpaired) electrons. The molecule has 0 amide bonds. The first-order valence-corrected chi connectivity index (χ1v) is 9.91. The normalized spacial score (nSPS) is 12.3. The number of aryl methyl sites for hydroxylation is 1. The van der Waals surface area contributed by atoms with E-state index in [2.05, 4.69) is 10.1 Å². The van der Waals surface area contributed by atoms with Crippen LogP contribution in [-0.2, 0) is 22.6 Å². The highest BCUT2D eigenvalue weighted by molar-refractivity contribution is 7.90. The summed E-state index contributed by atoms with van der Waals surface area (Å²) in [6.45, 7) is 1.61. The van der Waals surface area contributed by atoms with Crippen molar-refractivity contribution in [1.82, 2.24) is 14.8 Å². The van der Waals surface area contributed by atoms with E-state index in [9.17, 15) is 21.6 Å². The largest absolute Gasteiger partial charge is 0.433 e. The molecule has 0 N–H and O–H groups in total. The minimum Gasteiger partial charge on any atom is -0.265 e. The molecule has 142 valence electrons. The van der Waals surface area contributed by atoms with Crippen molar-refractivity contribution in [2.45, 2.75) is 24.5 Å². The Balaban J connectivity index is 2.31. The number of hydrogen-bond donors (Lipinski definition) is 0. The molecule has 0 aliphatic rings. The van der Waals surface area contributed by atoms with Gasteiger partial charge in [0.2, 0.25) is 0 Å². The number of pyridine rings is 1. The first-order chi connectivity index (χ1) is 12.6. The third-order valence-corrected chi connectivity index (χ3v) is 5.17. The molecule has 2 aromatic heterocycles.